The SMILES string of the molecule is Cc1cc(C)n(CCNC(=O)c2cnc(-c3ccccc3)n2C)c(=O)n1. The summed E-state index contributed by atoms with van der Waals surface area (Å²) in [5.74, 6) is 0.499. The summed E-state index contributed by atoms with van der Waals surface area (Å²) in [4.78, 5) is 32.7. The highest BCUT2D eigenvalue weighted by Crippen LogP contribution is 2.17. The van der Waals surface area contributed by atoms with E-state index in [0.717, 1.165) is 17.1 Å². The van der Waals surface area contributed by atoms with E-state index in [1.54, 1.807) is 22.3 Å². The van der Waals surface area contributed by atoms with Crippen LogP contribution < -0.4 is 11.0 Å². The molecule has 3 aromatic rings. The van der Waals surface area contributed by atoms with Crippen molar-refractivity contribution < 1.29 is 4.79 Å². The number of hydrogen-bond acceptors (Lipinski definition) is 4. The third-order valence-electron chi connectivity index (χ3n) is 4.22. The van der Waals surface area contributed by atoms with Gasteiger partial charge in [0, 0.05) is 37.1 Å². The van der Waals surface area contributed by atoms with Crippen molar-refractivity contribution >= 4 is 5.91 Å². The molecule has 3 rings (SSSR count). The molecule has 0 aliphatic heterocycles. The Balaban J connectivity index is 1.68. The van der Waals surface area contributed by atoms with Crippen LogP contribution in [0.25, 0.3) is 11.4 Å². The summed E-state index contributed by atoms with van der Waals surface area (Å²) >= 11 is 0. The topological polar surface area (TPSA) is 81.8 Å². The zero-order valence-electron chi connectivity index (χ0n) is 15.1. The van der Waals surface area contributed by atoms with Crippen LogP contribution in [0.4, 0.5) is 0 Å². The van der Waals surface area contributed by atoms with Crippen molar-refractivity contribution in [2.75, 3.05) is 6.54 Å². The molecule has 2 heterocycles. The van der Waals surface area contributed by atoms with Gasteiger partial charge >= 0.3 is 5.69 Å². The van der Waals surface area contributed by atoms with Crippen molar-refractivity contribution in [1.82, 2.24) is 24.4 Å². The molecule has 26 heavy (non-hydrogen) atoms. The van der Waals surface area contributed by atoms with Crippen LogP contribution in [0.2, 0.25) is 0 Å². The van der Waals surface area contributed by atoms with Crippen molar-refractivity contribution in [3.8, 4) is 11.4 Å². The van der Waals surface area contributed by atoms with Gasteiger partial charge in [0.05, 0.1) is 6.20 Å². The van der Waals surface area contributed by atoms with E-state index in [9.17, 15) is 9.59 Å². The fourth-order valence-corrected chi connectivity index (χ4v) is 2.89. The van der Waals surface area contributed by atoms with Crippen LogP contribution >= 0.6 is 0 Å². The lowest BCUT2D eigenvalue weighted by Gasteiger charge is -2.11. The van der Waals surface area contributed by atoms with Gasteiger partial charge in [-0.15, -0.1) is 0 Å². The number of benzene rings is 1. The lowest BCUT2D eigenvalue weighted by molar-refractivity contribution is 0.0944. The second-order valence-electron chi connectivity index (χ2n) is 6.12. The van der Waals surface area contributed by atoms with Crippen LogP contribution in [-0.2, 0) is 13.6 Å². The Labute approximate surface area is 151 Å². The molecule has 7 heteroatoms. The molecular weight excluding hydrogens is 330 g/mol. The number of amides is 1. The Kier molecular flexibility index (Phi) is 4.97. The van der Waals surface area contributed by atoms with Gasteiger partial charge in [0.15, 0.2) is 0 Å². The lowest BCUT2D eigenvalue weighted by Crippen LogP contribution is -2.33. The van der Waals surface area contributed by atoms with Gasteiger partial charge in [-0.05, 0) is 19.9 Å². The molecule has 134 valence electrons. The molecule has 0 saturated carbocycles. The molecule has 2 aromatic heterocycles. The molecule has 1 aromatic carbocycles. The highest BCUT2D eigenvalue weighted by Gasteiger charge is 2.14. The van der Waals surface area contributed by atoms with Crippen molar-refractivity contribution in [1.29, 1.82) is 0 Å². The van der Waals surface area contributed by atoms with Gasteiger partial charge in [-0.1, -0.05) is 30.3 Å². The van der Waals surface area contributed by atoms with Crippen molar-refractivity contribution in [3.63, 3.8) is 0 Å². The third-order valence-corrected chi connectivity index (χ3v) is 4.22. The standard InChI is InChI=1S/C19H21N5O2/c1-13-11-14(2)24(19(26)22-13)10-9-20-18(25)16-12-21-17(23(16)3)15-7-5-4-6-8-15/h4-8,11-12H,9-10H2,1-3H3,(H,20,25). The number of aromatic nitrogens is 4. The van der Waals surface area contributed by atoms with Gasteiger partial charge < -0.3 is 9.88 Å². The predicted molar refractivity (Wildman–Crippen MR) is 98.9 cm³/mol. The first-order valence-corrected chi connectivity index (χ1v) is 8.38. The molecule has 7 nitrogen and oxygen atoms in total. The number of imidazole rings is 1. The Morgan fingerprint density at radius 3 is 2.62 bits per heavy atom. The molecule has 0 unspecified atom stereocenters. The van der Waals surface area contributed by atoms with Gasteiger partial charge in [-0.25, -0.2) is 9.78 Å². The second-order valence-corrected chi connectivity index (χ2v) is 6.12. The predicted octanol–water partition coefficient (Wildman–Crippen LogP) is 1.69. The van der Waals surface area contributed by atoms with E-state index in [-0.39, 0.29) is 11.6 Å². The smallest absolute Gasteiger partial charge is 0.348 e. The highest BCUT2D eigenvalue weighted by molar-refractivity contribution is 5.93. The molecule has 0 aliphatic rings. The highest BCUT2D eigenvalue weighted by atomic mass is 16.2. The Morgan fingerprint density at radius 1 is 1.19 bits per heavy atom. The summed E-state index contributed by atoms with van der Waals surface area (Å²) in [5.41, 5.74) is 2.63. The molecule has 0 saturated heterocycles. The van der Waals surface area contributed by atoms with Crippen LogP contribution in [-0.4, -0.2) is 31.6 Å². The molecule has 1 N–H and O–H groups in total. The van der Waals surface area contributed by atoms with Gasteiger partial charge in [0.25, 0.3) is 5.91 Å². The normalized spacial score (nSPS) is 10.7. The zero-order valence-corrected chi connectivity index (χ0v) is 15.1. The monoisotopic (exact) mass is 351 g/mol. The van der Waals surface area contributed by atoms with E-state index in [4.69, 9.17) is 0 Å². The van der Waals surface area contributed by atoms with Crippen LogP contribution in [0.5, 0.6) is 0 Å². The average molecular weight is 351 g/mol. The Hall–Kier alpha value is -3.22. The number of aryl methyl sites for hydroxylation is 2. The third kappa shape index (κ3) is 3.56. The number of nitrogens with zero attached hydrogens (tertiary/aromatic N) is 4. The number of carbonyl (C=O) groups is 1. The maximum Gasteiger partial charge on any atom is 0.348 e. The summed E-state index contributed by atoms with van der Waals surface area (Å²) in [5, 5.41) is 2.83. The number of rotatable bonds is 5. The maximum atomic E-state index is 12.4. The van der Waals surface area contributed by atoms with Gasteiger partial charge in [0.2, 0.25) is 0 Å². The van der Waals surface area contributed by atoms with E-state index in [1.165, 1.54) is 0 Å². The van der Waals surface area contributed by atoms with Gasteiger partial charge in [-0.2, -0.15) is 4.98 Å². The first-order valence-electron chi connectivity index (χ1n) is 8.38. The average Bonchev–Trinajstić information content (AvgIpc) is 2.99. The second kappa shape index (κ2) is 7.35. The first-order chi connectivity index (χ1) is 12.5. The summed E-state index contributed by atoms with van der Waals surface area (Å²) in [7, 11) is 1.81. The van der Waals surface area contributed by atoms with Crippen LogP contribution in [0.15, 0.2) is 47.4 Å². The molecule has 0 bridgehead atoms. The lowest BCUT2D eigenvalue weighted by atomic mass is 10.2. The summed E-state index contributed by atoms with van der Waals surface area (Å²) < 4.78 is 3.31. The fourth-order valence-electron chi connectivity index (χ4n) is 2.89. The molecule has 0 spiro atoms. The van der Waals surface area contributed by atoms with E-state index < -0.39 is 0 Å². The van der Waals surface area contributed by atoms with E-state index in [1.807, 2.05) is 50.4 Å². The zero-order chi connectivity index (χ0) is 18.7. The maximum absolute atomic E-state index is 12.4. The number of carbonyl (C=O) groups excluding carboxylic acids is 1. The minimum absolute atomic E-state index is 0.229. The minimum atomic E-state index is -0.302. The van der Waals surface area contributed by atoms with Crippen molar-refractivity contribution in [3.05, 3.63) is 70.2 Å². The minimum Gasteiger partial charge on any atom is -0.349 e. The number of hydrogen-bond donors (Lipinski definition) is 1. The Morgan fingerprint density at radius 2 is 1.92 bits per heavy atom. The molecule has 0 fully saturated rings. The molecule has 1 amide bonds. The molecule has 0 radical (unpaired) electrons. The largest absolute Gasteiger partial charge is 0.349 e. The van der Waals surface area contributed by atoms with Gasteiger partial charge in [0.1, 0.15) is 11.5 Å². The molecule has 0 atom stereocenters. The van der Waals surface area contributed by atoms with E-state index >= 15 is 0 Å². The Bertz CT molecular complexity index is 989. The quantitative estimate of drug-likeness (QED) is 0.758. The van der Waals surface area contributed by atoms with Crippen molar-refractivity contribution in [2.24, 2.45) is 7.05 Å². The van der Waals surface area contributed by atoms with Crippen LogP contribution in [0, 0.1) is 13.8 Å². The number of nitrogens with one attached hydrogen (secondary N) is 1. The van der Waals surface area contributed by atoms with Crippen molar-refractivity contribution in [2.45, 2.75) is 20.4 Å². The summed E-state index contributed by atoms with van der Waals surface area (Å²) in [6.45, 7) is 4.33. The molecular formula is C19H21N5O2. The summed E-state index contributed by atoms with van der Waals surface area (Å²) in [6.07, 6.45) is 1.56. The first kappa shape index (κ1) is 17.6. The fraction of sp³-hybridized carbons (Fsp3) is 0.263. The molecule has 0 aliphatic carbocycles. The summed E-state index contributed by atoms with van der Waals surface area (Å²) in [6, 6.07) is 11.5. The van der Waals surface area contributed by atoms with Gasteiger partial charge in [-0.3, -0.25) is 9.36 Å². The van der Waals surface area contributed by atoms with Crippen LogP contribution in [0.1, 0.15) is 21.9 Å². The van der Waals surface area contributed by atoms with Crippen LogP contribution in [0.3, 0.4) is 0 Å². The van der Waals surface area contributed by atoms with E-state index in [2.05, 4.69) is 15.3 Å². The van der Waals surface area contributed by atoms with E-state index in [0.29, 0.717) is 24.5 Å².